The Morgan fingerprint density at radius 2 is 2.24 bits per heavy atom. The molecule has 0 aliphatic carbocycles. The van der Waals surface area contributed by atoms with Crippen molar-refractivity contribution in [3.63, 3.8) is 0 Å². The predicted octanol–water partition coefficient (Wildman–Crippen LogP) is -2.40. The van der Waals surface area contributed by atoms with Crippen molar-refractivity contribution in [1.82, 2.24) is 19.7 Å². The Kier molecular flexibility index (Phi) is 4.25. The van der Waals surface area contributed by atoms with Crippen LogP contribution in [-0.4, -0.2) is 53.8 Å². The van der Waals surface area contributed by atoms with Crippen molar-refractivity contribution in [2.45, 2.75) is 6.29 Å². The number of ether oxygens (including phenoxy) is 1. The monoisotopic (exact) mass is 321 g/mol. The number of nitrogen functional groups attached to an aromatic ring is 1. The summed E-state index contributed by atoms with van der Waals surface area (Å²) in [6.07, 6.45) is -1.26. The molecule has 0 fully saturated rings. The van der Waals surface area contributed by atoms with Crippen molar-refractivity contribution in [3.8, 4) is 0 Å². The number of nitrogens with one attached hydrogen (secondary N) is 1. The van der Waals surface area contributed by atoms with E-state index in [4.69, 9.17) is 30.2 Å². The van der Waals surface area contributed by atoms with Gasteiger partial charge in [-0.3, -0.25) is 14.3 Å². The van der Waals surface area contributed by atoms with E-state index in [-0.39, 0.29) is 17.1 Å². The van der Waals surface area contributed by atoms with Gasteiger partial charge in [-0.05, 0) is 0 Å². The minimum Gasteiger partial charge on any atom is -0.390 e. The number of fused-ring (bicyclic) bond motifs is 1. The zero-order chi connectivity index (χ0) is 15.6. The first-order valence-corrected chi connectivity index (χ1v) is 7.27. The van der Waals surface area contributed by atoms with Crippen LogP contribution in [0.1, 0.15) is 0 Å². The molecule has 0 saturated carbocycles. The van der Waals surface area contributed by atoms with Gasteiger partial charge in [0.1, 0.15) is 12.9 Å². The molecule has 2 rings (SSSR count). The molecular formula is C8H12N5O7P. The molecule has 1 unspecified atom stereocenters. The van der Waals surface area contributed by atoms with Crippen LogP contribution in [0.5, 0.6) is 0 Å². The summed E-state index contributed by atoms with van der Waals surface area (Å²) in [5, 5.41) is 9.05. The molecular weight excluding hydrogens is 309 g/mol. The average molecular weight is 321 g/mol. The van der Waals surface area contributed by atoms with E-state index in [1.807, 2.05) is 0 Å². The maximum atomic E-state index is 11.5. The number of rotatable bonds is 6. The van der Waals surface area contributed by atoms with Gasteiger partial charge in [0, 0.05) is 0 Å². The van der Waals surface area contributed by atoms with E-state index in [2.05, 4.69) is 15.0 Å². The van der Waals surface area contributed by atoms with Gasteiger partial charge in [-0.2, -0.15) is 4.98 Å². The number of nitrogens with two attached hydrogens (primary N) is 1. The van der Waals surface area contributed by atoms with Crippen LogP contribution >= 0.6 is 7.60 Å². The molecule has 0 aliphatic rings. The highest BCUT2D eigenvalue weighted by Crippen LogP contribution is 2.34. The maximum absolute atomic E-state index is 11.5. The molecule has 6 N–H and O–H groups in total. The number of aliphatic hydroxyl groups is 1. The van der Waals surface area contributed by atoms with Gasteiger partial charge in [-0.15, -0.1) is 4.73 Å². The molecule has 0 aromatic carbocycles. The Bertz CT molecular complexity index is 736. The van der Waals surface area contributed by atoms with E-state index in [1.165, 1.54) is 0 Å². The lowest BCUT2D eigenvalue weighted by Gasteiger charge is -2.17. The standard InChI is InChI=1S/C8H12N5O7P/c9-8-11-6-5(7(15)12-8)10-2-13(6)20-4(1-14)19-3-21(16,17)18/h2,4,14H,1,3H2,(H2,16,17,18)(H3,9,11,12,15). The number of hydrogen-bond donors (Lipinski definition) is 5. The summed E-state index contributed by atoms with van der Waals surface area (Å²) in [6.45, 7) is -0.696. The molecule has 2 aromatic rings. The van der Waals surface area contributed by atoms with Crippen LogP contribution in [0.15, 0.2) is 11.1 Å². The van der Waals surface area contributed by atoms with E-state index < -0.39 is 32.4 Å². The minimum atomic E-state index is -4.42. The summed E-state index contributed by atoms with van der Waals surface area (Å²) in [7, 11) is -4.42. The smallest absolute Gasteiger partial charge is 0.351 e. The molecule has 2 aromatic heterocycles. The van der Waals surface area contributed by atoms with Gasteiger partial charge in [0.05, 0.1) is 0 Å². The molecule has 21 heavy (non-hydrogen) atoms. The van der Waals surface area contributed by atoms with Crippen LogP contribution in [0.3, 0.4) is 0 Å². The van der Waals surface area contributed by atoms with E-state index in [9.17, 15) is 9.36 Å². The zero-order valence-corrected chi connectivity index (χ0v) is 11.3. The zero-order valence-electron chi connectivity index (χ0n) is 10.4. The Morgan fingerprint density at radius 3 is 2.86 bits per heavy atom. The van der Waals surface area contributed by atoms with Crippen LogP contribution < -0.4 is 16.1 Å². The molecule has 2 heterocycles. The van der Waals surface area contributed by atoms with Crippen LogP contribution in [-0.2, 0) is 9.30 Å². The third kappa shape index (κ3) is 3.77. The Morgan fingerprint density at radius 1 is 1.52 bits per heavy atom. The number of aromatic amines is 1. The Balaban J connectivity index is 2.22. The lowest BCUT2D eigenvalue weighted by atomic mass is 10.5. The Labute approximate surface area is 116 Å². The topological polar surface area (TPSA) is 186 Å². The van der Waals surface area contributed by atoms with Crippen molar-refractivity contribution in [2.24, 2.45) is 0 Å². The van der Waals surface area contributed by atoms with Crippen LogP contribution in [0.2, 0.25) is 0 Å². The molecule has 116 valence electrons. The van der Waals surface area contributed by atoms with Gasteiger partial charge >= 0.3 is 7.60 Å². The molecule has 13 heteroatoms. The minimum absolute atomic E-state index is 0.0329. The first-order chi connectivity index (χ1) is 9.80. The summed E-state index contributed by atoms with van der Waals surface area (Å²) in [5.74, 6) is -0.172. The highest BCUT2D eigenvalue weighted by molar-refractivity contribution is 7.51. The number of H-pyrrole nitrogens is 1. The van der Waals surface area contributed by atoms with Crippen molar-refractivity contribution < 1.29 is 29.0 Å². The number of nitrogens with zero attached hydrogens (tertiary/aromatic N) is 3. The normalized spacial score (nSPS) is 13.5. The van der Waals surface area contributed by atoms with Gasteiger partial charge in [0.25, 0.3) is 5.56 Å². The van der Waals surface area contributed by atoms with Gasteiger partial charge in [-0.1, -0.05) is 0 Å². The molecule has 0 bridgehead atoms. The van der Waals surface area contributed by atoms with Gasteiger partial charge in [-0.25, -0.2) is 4.98 Å². The SMILES string of the molecule is Nc1nc2c(ncn2OC(CO)OCP(=O)(O)O)c(=O)[nH]1. The van der Waals surface area contributed by atoms with Gasteiger partial charge in [0.2, 0.25) is 17.9 Å². The molecule has 1 atom stereocenters. The lowest BCUT2D eigenvalue weighted by Crippen LogP contribution is -2.31. The highest BCUT2D eigenvalue weighted by atomic mass is 31.2. The number of hydrogen-bond acceptors (Lipinski definition) is 8. The average Bonchev–Trinajstić information content (AvgIpc) is 2.76. The van der Waals surface area contributed by atoms with E-state index in [0.29, 0.717) is 0 Å². The number of imidazole rings is 1. The third-order valence-corrected chi connectivity index (χ3v) is 2.69. The van der Waals surface area contributed by atoms with Crippen LogP contribution in [0, 0.1) is 0 Å². The summed E-state index contributed by atoms with van der Waals surface area (Å²) in [5.41, 5.74) is 4.71. The molecule has 0 radical (unpaired) electrons. The van der Waals surface area contributed by atoms with Crippen molar-refractivity contribution >= 4 is 24.7 Å². The summed E-state index contributed by atoms with van der Waals surface area (Å²) in [6, 6.07) is 0. The van der Waals surface area contributed by atoms with E-state index in [0.717, 1.165) is 11.1 Å². The van der Waals surface area contributed by atoms with Crippen LogP contribution in [0.25, 0.3) is 11.2 Å². The molecule has 0 saturated heterocycles. The first-order valence-electron chi connectivity index (χ1n) is 5.47. The maximum Gasteiger partial charge on any atom is 0.351 e. The van der Waals surface area contributed by atoms with Gasteiger partial charge < -0.3 is 30.2 Å². The van der Waals surface area contributed by atoms with Gasteiger partial charge in [0.15, 0.2) is 11.9 Å². The number of aliphatic hydroxyl groups excluding tert-OH is 1. The fraction of sp³-hybridized carbons (Fsp3) is 0.375. The van der Waals surface area contributed by atoms with E-state index in [1.54, 1.807) is 0 Å². The number of anilines is 1. The molecule has 12 nitrogen and oxygen atoms in total. The third-order valence-electron chi connectivity index (χ3n) is 2.20. The summed E-state index contributed by atoms with van der Waals surface area (Å²) < 4.78 is 16.3. The Hall–Kier alpha value is -1.98. The predicted molar refractivity (Wildman–Crippen MR) is 68.0 cm³/mol. The second kappa shape index (κ2) is 5.79. The lowest BCUT2D eigenvalue weighted by molar-refractivity contribution is -0.153. The van der Waals surface area contributed by atoms with Crippen molar-refractivity contribution in [1.29, 1.82) is 0 Å². The second-order valence-corrected chi connectivity index (χ2v) is 5.46. The fourth-order valence-electron chi connectivity index (χ4n) is 1.41. The molecule has 0 spiro atoms. The molecule has 0 amide bonds. The fourth-order valence-corrected chi connectivity index (χ4v) is 1.77. The highest BCUT2D eigenvalue weighted by Gasteiger charge is 2.20. The van der Waals surface area contributed by atoms with Crippen LogP contribution in [0.4, 0.5) is 5.95 Å². The first kappa shape index (κ1) is 15.4. The summed E-state index contributed by atoms with van der Waals surface area (Å²) >= 11 is 0. The molecule has 0 aliphatic heterocycles. The summed E-state index contributed by atoms with van der Waals surface area (Å²) in [4.78, 5) is 43.8. The second-order valence-electron chi connectivity index (χ2n) is 3.87. The number of aromatic nitrogens is 4. The quantitative estimate of drug-likeness (QED) is 0.283. The van der Waals surface area contributed by atoms with Crippen molar-refractivity contribution in [2.75, 3.05) is 18.7 Å². The van der Waals surface area contributed by atoms with E-state index >= 15 is 0 Å². The van der Waals surface area contributed by atoms with Crippen molar-refractivity contribution in [3.05, 3.63) is 16.7 Å². The largest absolute Gasteiger partial charge is 0.390 e.